The van der Waals surface area contributed by atoms with Crippen molar-refractivity contribution < 1.29 is 19.1 Å². The lowest BCUT2D eigenvalue weighted by Gasteiger charge is -2.33. The maximum atomic E-state index is 12.5. The van der Waals surface area contributed by atoms with Crippen LogP contribution in [0.5, 0.6) is 0 Å². The molecule has 2 aliphatic heterocycles. The van der Waals surface area contributed by atoms with E-state index in [0.29, 0.717) is 11.3 Å². The van der Waals surface area contributed by atoms with Gasteiger partial charge in [0.2, 0.25) is 5.91 Å². The fourth-order valence-corrected chi connectivity index (χ4v) is 4.35. The normalized spacial score (nSPS) is 16.9. The largest absolute Gasteiger partial charge is 0.452 e. The summed E-state index contributed by atoms with van der Waals surface area (Å²) >= 11 is 0. The molecule has 0 spiro atoms. The highest BCUT2D eigenvalue weighted by Gasteiger charge is 2.36. The number of nitrogens with zero attached hydrogens (tertiary/aromatic N) is 1. The Kier molecular flexibility index (Phi) is 5.93. The zero-order valence-corrected chi connectivity index (χ0v) is 17.9. The molecule has 0 aromatic heterocycles. The van der Waals surface area contributed by atoms with Crippen LogP contribution < -0.4 is 15.5 Å². The van der Waals surface area contributed by atoms with Gasteiger partial charge in [0.1, 0.15) is 6.04 Å². The molecule has 2 aromatic carbocycles. The van der Waals surface area contributed by atoms with E-state index < -0.39 is 5.97 Å². The van der Waals surface area contributed by atoms with Gasteiger partial charge in [0.05, 0.1) is 16.9 Å². The molecule has 0 bridgehead atoms. The Hall–Kier alpha value is -3.35. The van der Waals surface area contributed by atoms with E-state index in [4.69, 9.17) is 4.74 Å². The molecule has 2 N–H and O–H groups in total. The van der Waals surface area contributed by atoms with Gasteiger partial charge in [-0.2, -0.15) is 0 Å². The van der Waals surface area contributed by atoms with Gasteiger partial charge in [-0.25, -0.2) is 4.79 Å². The Morgan fingerprint density at radius 3 is 2.61 bits per heavy atom. The van der Waals surface area contributed by atoms with Crippen LogP contribution in [-0.4, -0.2) is 37.0 Å². The molecule has 2 aliphatic rings. The van der Waals surface area contributed by atoms with Gasteiger partial charge in [-0.15, -0.1) is 0 Å². The molecule has 2 amide bonds. The number of hydrogen-bond acceptors (Lipinski definition) is 5. The molecule has 0 aliphatic carbocycles. The molecule has 2 aromatic rings. The monoisotopic (exact) mass is 421 g/mol. The van der Waals surface area contributed by atoms with Crippen molar-refractivity contribution in [2.45, 2.75) is 45.6 Å². The van der Waals surface area contributed by atoms with Crippen LogP contribution in [0.25, 0.3) is 0 Å². The highest BCUT2D eigenvalue weighted by atomic mass is 16.5. The van der Waals surface area contributed by atoms with Crippen LogP contribution in [0.1, 0.15) is 48.2 Å². The summed E-state index contributed by atoms with van der Waals surface area (Å²) in [4.78, 5) is 39.3. The van der Waals surface area contributed by atoms with Crippen LogP contribution in [0, 0.1) is 0 Å². The summed E-state index contributed by atoms with van der Waals surface area (Å²) in [6.45, 7) is 4.51. The van der Waals surface area contributed by atoms with Crippen LogP contribution >= 0.6 is 0 Å². The fourth-order valence-electron chi connectivity index (χ4n) is 4.35. The first-order chi connectivity index (χ1) is 15.0. The average molecular weight is 421 g/mol. The zero-order valence-electron chi connectivity index (χ0n) is 17.9. The van der Waals surface area contributed by atoms with Gasteiger partial charge >= 0.3 is 5.97 Å². The number of para-hydroxylation sites is 1. The average Bonchev–Trinajstić information content (AvgIpc) is 3.28. The predicted molar refractivity (Wildman–Crippen MR) is 120 cm³/mol. The van der Waals surface area contributed by atoms with Crippen molar-refractivity contribution in [1.82, 2.24) is 0 Å². The van der Waals surface area contributed by atoms with Crippen LogP contribution in [0.15, 0.2) is 36.4 Å². The van der Waals surface area contributed by atoms with Crippen molar-refractivity contribution in [2.24, 2.45) is 0 Å². The number of rotatable bonds is 6. The molecular formula is C24H27N3O4. The predicted octanol–water partition coefficient (Wildman–Crippen LogP) is 3.53. The van der Waals surface area contributed by atoms with E-state index in [0.717, 1.165) is 54.7 Å². The molecule has 1 atom stereocenters. The maximum Gasteiger partial charge on any atom is 0.338 e. The quantitative estimate of drug-likeness (QED) is 0.697. The highest BCUT2D eigenvalue weighted by Crippen LogP contribution is 2.37. The van der Waals surface area contributed by atoms with Crippen LogP contribution in [0.3, 0.4) is 0 Å². The van der Waals surface area contributed by atoms with Crippen molar-refractivity contribution in [1.29, 1.82) is 0 Å². The molecule has 1 fully saturated rings. The van der Waals surface area contributed by atoms with E-state index in [2.05, 4.69) is 15.5 Å². The first-order valence-corrected chi connectivity index (χ1v) is 10.8. The Morgan fingerprint density at radius 1 is 1.16 bits per heavy atom. The number of ether oxygens (including phenoxy) is 1. The number of hydrogen-bond donors (Lipinski definition) is 2. The van der Waals surface area contributed by atoms with Crippen molar-refractivity contribution in [2.75, 3.05) is 28.7 Å². The van der Waals surface area contributed by atoms with Crippen LogP contribution in [-0.2, 0) is 27.2 Å². The lowest BCUT2D eigenvalue weighted by Crippen LogP contribution is -2.43. The van der Waals surface area contributed by atoms with Crippen LogP contribution in [0.4, 0.5) is 17.1 Å². The number of fused-ring (bicyclic) bond motifs is 3. The lowest BCUT2D eigenvalue weighted by atomic mass is 10.0. The first kappa shape index (κ1) is 20.9. The summed E-state index contributed by atoms with van der Waals surface area (Å²) in [5.41, 5.74) is 4.71. The number of esters is 1. The zero-order chi connectivity index (χ0) is 22.0. The fraction of sp³-hybridized carbons (Fsp3) is 0.375. The summed E-state index contributed by atoms with van der Waals surface area (Å²) in [7, 11) is 0. The summed E-state index contributed by atoms with van der Waals surface area (Å²) < 4.78 is 5.24. The van der Waals surface area contributed by atoms with E-state index >= 15 is 0 Å². The van der Waals surface area contributed by atoms with Crippen molar-refractivity contribution in [3.05, 3.63) is 53.1 Å². The third-order valence-corrected chi connectivity index (χ3v) is 5.95. The smallest absolute Gasteiger partial charge is 0.338 e. The second kappa shape index (κ2) is 8.79. The number of benzene rings is 2. The van der Waals surface area contributed by atoms with Crippen molar-refractivity contribution >= 4 is 34.8 Å². The van der Waals surface area contributed by atoms with E-state index in [1.807, 2.05) is 38.1 Å². The van der Waals surface area contributed by atoms with Crippen LogP contribution in [0.2, 0.25) is 0 Å². The molecule has 1 saturated heterocycles. The summed E-state index contributed by atoms with van der Waals surface area (Å²) in [5, 5.41) is 5.77. The second-order valence-electron chi connectivity index (χ2n) is 7.86. The summed E-state index contributed by atoms with van der Waals surface area (Å²) in [6.07, 6.45) is 3.40. The van der Waals surface area contributed by atoms with E-state index in [9.17, 15) is 14.4 Å². The number of aryl methyl sites for hydroxylation is 2. The van der Waals surface area contributed by atoms with Gasteiger partial charge in [-0.1, -0.05) is 32.0 Å². The third kappa shape index (κ3) is 4.13. The Labute approximate surface area is 181 Å². The van der Waals surface area contributed by atoms with E-state index in [-0.39, 0.29) is 24.5 Å². The third-order valence-electron chi connectivity index (χ3n) is 5.95. The number of amides is 2. The van der Waals surface area contributed by atoms with Crippen molar-refractivity contribution in [3.63, 3.8) is 0 Å². The van der Waals surface area contributed by atoms with Gasteiger partial charge in [0.15, 0.2) is 6.61 Å². The molecule has 2 heterocycles. The van der Waals surface area contributed by atoms with E-state index in [1.54, 1.807) is 12.1 Å². The number of carbonyl (C=O) groups excluding carboxylic acids is 3. The molecule has 31 heavy (non-hydrogen) atoms. The summed E-state index contributed by atoms with van der Waals surface area (Å²) in [5.74, 6) is -1.03. The number of anilines is 3. The Bertz CT molecular complexity index is 1010. The number of carbonyl (C=O) groups is 3. The molecule has 162 valence electrons. The van der Waals surface area contributed by atoms with Gasteiger partial charge in [0, 0.05) is 12.2 Å². The number of nitrogens with one attached hydrogen (secondary N) is 2. The van der Waals surface area contributed by atoms with Crippen molar-refractivity contribution in [3.8, 4) is 0 Å². The van der Waals surface area contributed by atoms with Gasteiger partial charge in [-0.05, 0) is 55.0 Å². The lowest BCUT2D eigenvalue weighted by molar-refractivity contribution is -0.119. The van der Waals surface area contributed by atoms with Gasteiger partial charge in [0.25, 0.3) is 5.91 Å². The SMILES string of the molecule is CCc1cccc(CC)c1NC(=O)COC(=O)c1ccc2c(c1)NC(=O)[C@H]1CCCN21. The minimum atomic E-state index is -0.602. The minimum absolute atomic E-state index is 0.0452. The molecule has 7 heteroatoms. The molecule has 4 rings (SSSR count). The molecule has 0 radical (unpaired) electrons. The standard InChI is InChI=1S/C24H27N3O4/c1-3-15-7-5-8-16(4-2)22(15)26-21(28)14-31-24(30)17-10-11-19-18(13-17)25-23(29)20-9-6-12-27(19)20/h5,7-8,10-11,13,20H,3-4,6,9,12,14H2,1-2H3,(H,25,29)(H,26,28)/t20-/m1/s1. The molecule has 7 nitrogen and oxygen atoms in total. The second-order valence-corrected chi connectivity index (χ2v) is 7.86. The molecule has 0 unspecified atom stereocenters. The van der Waals surface area contributed by atoms with E-state index in [1.165, 1.54) is 0 Å². The maximum absolute atomic E-state index is 12.5. The molecule has 0 saturated carbocycles. The minimum Gasteiger partial charge on any atom is -0.452 e. The Balaban J connectivity index is 1.41. The Morgan fingerprint density at radius 2 is 1.90 bits per heavy atom. The molecular weight excluding hydrogens is 394 g/mol. The first-order valence-electron chi connectivity index (χ1n) is 10.8. The summed E-state index contributed by atoms with van der Waals surface area (Å²) in [6, 6.07) is 10.9. The van der Waals surface area contributed by atoms with Gasteiger partial charge < -0.3 is 20.3 Å². The van der Waals surface area contributed by atoms with Gasteiger partial charge in [-0.3, -0.25) is 9.59 Å². The topological polar surface area (TPSA) is 87.7 Å². The highest BCUT2D eigenvalue weighted by molar-refractivity contribution is 6.05.